The van der Waals surface area contributed by atoms with Crippen molar-refractivity contribution in [3.05, 3.63) is 12.2 Å². The Morgan fingerprint density at radius 2 is 2.38 bits per heavy atom. The normalized spacial score (nSPS) is 21.7. The van der Waals surface area contributed by atoms with Crippen molar-refractivity contribution in [3.63, 3.8) is 0 Å². The highest BCUT2D eigenvalue weighted by Gasteiger charge is 2.08. The summed E-state index contributed by atoms with van der Waals surface area (Å²) in [5, 5.41) is 3.25. The summed E-state index contributed by atoms with van der Waals surface area (Å²) in [7, 11) is 0. The first-order valence-electron chi connectivity index (χ1n) is 4.93. The maximum absolute atomic E-state index is 10.4. The van der Waals surface area contributed by atoms with E-state index in [9.17, 15) is 4.79 Å². The predicted molar refractivity (Wildman–Crippen MR) is 53.2 cm³/mol. The van der Waals surface area contributed by atoms with Crippen molar-refractivity contribution >= 4 is 5.91 Å². The molecule has 0 saturated carbocycles. The maximum atomic E-state index is 10.4. The van der Waals surface area contributed by atoms with E-state index in [1.807, 2.05) is 0 Å². The molecular formula is C10H18N2O. The van der Waals surface area contributed by atoms with Gasteiger partial charge in [-0.3, -0.25) is 4.79 Å². The highest BCUT2D eigenvalue weighted by Crippen LogP contribution is 2.16. The SMILES string of the molecule is NC(=O)CCNCC1CC=CCC1. The molecule has 1 unspecified atom stereocenters. The Labute approximate surface area is 79.4 Å². The minimum atomic E-state index is -0.226. The second-order valence-electron chi connectivity index (χ2n) is 3.57. The number of hydrogen-bond donors (Lipinski definition) is 2. The fraction of sp³-hybridized carbons (Fsp3) is 0.700. The van der Waals surface area contributed by atoms with Crippen LogP contribution in [0.1, 0.15) is 25.7 Å². The van der Waals surface area contributed by atoms with Gasteiger partial charge in [0.25, 0.3) is 0 Å². The van der Waals surface area contributed by atoms with Gasteiger partial charge in [0.15, 0.2) is 0 Å². The van der Waals surface area contributed by atoms with Crippen LogP contribution in [0.3, 0.4) is 0 Å². The topological polar surface area (TPSA) is 55.1 Å². The molecule has 13 heavy (non-hydrogen) atoms. The van der Waals surface area contributed by atoms with Crippen molar-refractivity contribution in [2.45, 2.75) is 25.7 Å². The molecule has 74 valence electrons. The van der Waals surface area contributed by atoms with Crippen LogP contribution in [0.25, 0.3) is 0 Å². The predicted octanol–water partition coefficient (Wildman–Crippen LogP) is 0.808. The van der Waals surface area contributed by atoms with Gasteiger partial charge in [0.1, 0.15) is 0 Å². The Bertz CT molecular complexity index is 189. The number of carbonyl (C=O) groups is 1. The minimum Gasteiger partial charge on any atom is -0.370 e. The fourth-order valence-corrected chi connectivity index (χ4v) is 1.56. The van der Waals surface area contributed by atoms with E-state index in [1.54, 1.807) is 0 Å². The van der Waals surface area contributed by atoms with Gasteiger partial charge in [-0.05, 0) is 31.7 Å². The van der Waals surface area contributed by atoms with E-state index in [4.69, 9.17) is 5.73 Å². The zero-order valence-electron chi connectivity index (χ0n) is 7.96. The fourth-order valence-electron chi connectivity index (χ4n) is 1.56. The quantitative estimate of drug-likeness (QED) is 0.488. The van der Waals surface area contributed by atoms with E-state index < -0.39 is 0 Å². The van der Waals surface area contributed by atoms with Crippen LogP contribution in [0, 0.1) is 5.92 Å². The lowest BCUT2D eigenvalue weighted by Gasteiger charge is -2.17. The summed E-state index contributed by atoms with van der Waals surface area (Å²) in [5.74, 6) is 0.522. The lowest BCUT2D eigenvalue weighted by atomic mass is 9.94. The molecule has 1 aliphatic carbocycles. The van der Waals surface area contributed by atoms with Crippen LogP contribution in [0.4, 0.5) is 0 Å². The number of carbonyl (C=O) groups excluding carboxylic acids is 1. The molecule has 0 saturated heterocycles. The van der Waals surface area contributed by atoms with E-state index >= 15 is 0 Å². The lowest BCUT2D eigenvalue weighted by Crippen LogP contribution is -2.27. The molecule has 0 aromatic heterocycles. The van der Waals surface area contributed by atoms with Crippen LogP contribution in [0.2, 0.25) is 0 Å². The van der Waals surface area contributed by atoms with E-state index in [-0.39, 0.29) is 5.91 Å². The van der Waals surface area contributed by atoms with Crippen LogP contribution in [0.15, 0.2) is 12.2 Å². The van der Waals surface area contributed by atoms with Crippen molar-refractivity contribution in [3.8, 4) is 0 Å². The van der Waals surface area contributed by atoms with E-state index in [1.165, 1.54) is 19.3 Å². The van der Waals surface area contributed by atoms with Crippen LogP contribution >= 0.6 is 0 Å². The lowest BCUT2D eigenvalue weighted by molar-refractivity contribution is -0.117. The second-order valence-corrected chi connectivity index (χ2v) is 3.57. The van der Waals surface area contributed by atoms with Gasteiger partial charge in [-0.2, -0.15) is 0 Å². The number of rotatable bonds is 5. The molecular weight excluding hydrogens is 164 g/mol. The molecule has 3 N–H and O–H groups in total. The summed E-state index contributed by atoms with van der Waals surface area (Å²) in [4.78, 5) is 10.4. The van der Waals surface area contributed by atoms with Crippen molar-refractivity contribution in [2.75, 3.05) is 13.1 Å². The Balaban J connectivity index is 1.99. The molecule has 3 heteroatoms. The van der Waals surface area contributed by atoms with Crippen LogP contribution in [-0.2, 0) is 4.79 Å². The van der Waals surface area contributed by atoms with Gasteiger partial charge in [-0.15, -0.1) is 0 Å². The largest absolute Gasteiger partial charge is 0.370 e. The third-order valence-electron chi connectivity index (χ3n) is 2.36. The van der Waals surface area contributed by atoms with Crippen molar-refractivity contribution in [2.24, 2.45) is 11.7 Å². The molecule has 1 rings (SSSR count). The summed E-state index contributed by atoms with van der Waals surface area (Å²) in [6.07, 6.45) is 8.55. The Morgan fingerprint density at radius 1 is 1.54 bits per heavy atom. The number of amides is 1. The molecule has 0 spiro atoms. The number of nitrogens with one attached hydrogen (secondary N) is 1. The number of primary amides is 1. The van der Waals surface area contributed by atoms with Crippen LogP contribution in [0.5, 0.6) is 0 Å². The zero-order valence-corrected chi connectivity index (χ0v) is 7.96. The minimum absolute atomic E-state index is 0.226. The van der Waals surface area contributed by atoms with Gasteiger partial charge in [0, 0.05) is 13.0 Å². The van der Waals surface area contributed by atoms with Crippen LogP contribution < -0.4 is 11.1 Å². The summed E-state index contributed by atoms with van der Waals surface area (Å²) in [5.41, 5.74) is 5.02. The van der Waals surface area contributed by atoms with E-state index in [0.717, 1.165) is 19.0 Å². The maximum Gasteiger partial charge on any atom is 0.218 e. The average molecular weight is 182 g/mol. The van der Waals surface area contributed by atoms with E-state index in [2.05, 4.69) is 17.5 Å². The molecule has 0 heterocycles. The molecule has 1 atom stereocenters. The molecule has 0 fully saturated rings. The van der Waals surface area contributed by atoms with Crippen LogP contribution in [-0.4, -0.2) is 19.0 Å². The van der Waals surface area contributed by atoms with Gasteiger partial charge < -0.3 is 11.1 Å². The molecule has 0 aromatic carbocycles. The van der Waals surface area contributed by atoms with Gasteiger partial charge in [-0.25, -0.2) is 0 Å². The average Bonchev–Trinajstić information content (AvgIpc) is 2.14. The number of hydrogen-bond acceptors (Lipinski definition) is 2. The Kier molecular flexibility index (Phi) is 4.54. The third-order valence-corrected chi connectivity index (χ3v) is 2.36. The molecule has 1 amide bonds. The summed E-state index contributed by atoms with van der Waals surface area (Å²) >= 11 is 0. The Morgan fingerprint density at radius 3 is 3.00 bits per heavy atom. The zero-order chi connectivity index (χ0) is 9.52. The highest BCUT2D eigenvalue weighted by molar-refractivity contribution is 5.73. The first-order chi connectivity index (χ1) is 6.29. The molecule has 0 aromatic rings. The van der Waals surface area contributed by atoms with Gasteiger partial charge in [0.2, 0.25) is 5.91 Å². The first-order valence-corrected chi connectivity index (χ1v) is 4.93. The van der Waals surface area contributed by atoms with Crippen molar-refractivity contribution in [1.29, 1.82) is 0 Å². The first kappa shape index (κ1) is 10.3. The van der Waals surface area contributed by atoms with Crippen molar-refractivity contribution in [1.82, 2.24) is 5.32 Å². The summed E-state index contributed by atoms with van der Waals surface area (Å²) in [6, 6.07) is 0. The molecule has 0 bridgehead atoms. The standard InChI is InChI=1S/C10H18N2O/c11-10(13)6-7-12-8-9-4-2-1-3-5-9/h1-2,9,12H,3-8H2,(H2,11,13). The monoisotopic (exact) mass is 182 g/mol. The molecule has 3 nitrogen and oxygen atoms in total. The van der Waals surface area contributed by atoms with Gasteiger partial charge >= 0.3 is 0 Å². The summed E-state index contributed by atoms with van der Waals surface area (Å²) < 4.78 is 0. The molecule has 1 aliphatic rings. The third kappa shape index (κ3) is 4.68. The van der Waals surface area contributed by atoms with Crippen molar-refractivity contribution < 1.29 is 4.79 Å². The number of allylic oxidation sites excluding steroid dienone is 2. The second kappa shape index (κ2) is 5.75. The number of nitrogens with two attached hydrogens (primary N) is 1. The smallest absolute Gasteiger partial charge is 0.218 e. The molecule has 0 radical (unpaired) electrons. The highest BCUT2D eigenvalue weighted by atomic mass is 16.1. The van der Waals surface area contributed by atoms with E-state index in [0.29, 0.717) is 6.42 Å². The summed E-state index contributed by atoms with van der Waals surface area (Å²) in [6.45, 7) is 1.73. The van der Waals surface area contributed by atoms with Gasteiger partial charge in [0.05, 0.1) is 0 Å². The van der Waals surface area contributed by atoms with Gasteiger partial charge in [-0.1, -0.05) is 12.2 Å². The Hall–Kier alpha value is -0.830. The molecule has 0 aliphatic heterocycles.